The highest BCUT2D eigenvalue weighted by Gasteiger charge is 2.31. The molecule has 1 aromatic carbocycles. The number of benzene rings is 1. The topological polar surface area (TPSA) is 162 Å². The Hall–Kier alpha value is -3.51. The van der Waals surface area contributed by atoms with E-state index in [1.54, 1.807) is 30.8 Å². The monoisotopic (exact) mass is 645 g/mol. The first-order valence-corrected chi connectivity index (χ1v) is 17.0. The number of hydrogen-bond donors (Lipinski definition) is 6. The van der Waals surface area contributed by atoms with Crippen molar-refractivity contribution in [1.82, 2.24) is 26.6 Å². The summed E-state index contributed by atoms with van der Waals surface area (Å²) in [6.45, 7) is 9.90. The molecule has 2 rings (SSSR count). The molecular weight excluding hydrogens is 594 g/mol. The Bertz CT molecular complexity index is 1180. The summed E-state index contributed by atoms with van der Waals surface area (Å²) in [5, 5.41) is 25.3. The lowest BCUT2D eigenvalue weighted by molar-refractivity contribution is -0.132. The minimum absolute atomic E-state index is 0.0759. The van der Waals surface area contributed by atoms with Crippen molar-refractivity contribution in [3.8, 4) is 0 Å². The van der Waals surface area contributed by atoms with E-state index in [4.69, 9.17) is 4.42 Å². The molecule has 1 aromatic heterocycles. The van der Waals surface area contributed by atoms with E-state index in [0.29, 0.717) is 30.9 Å². The van der Waals surface area contributed by atoms with Crippen molar-refractivity contribution in [3.05, 3.63) is 60.1 Å². The van der Waals surface area contributed by atoms with E-state index in [1.165, 1.54) is 6.26 Å². The van der Waals surface area contributed by atoms with Crippen LogP contribution in [0.1, 0.15) is 65.2 Å². The molecule has 0 unspecified atom stereocenters. The van der Waals surface area contributed by atoms with Crippen LogP contribution in [0.3, 0.4) is 0 Å². The zero-order valence-electron chi connectivity index (χ0n) is 27.3. The normalized spacial score (nSPS) is 14.6. The van der Waals surface area contributed by atoms with E-state index in [9.17, 15) is 24.3 Å². The molecule has 11 nitrogen and oxygen atoms in total. The van der Waals surface area contributed by atoms with Crippen LogP contribution < -0.4 is 26.6 Å². The fraction of sp³-hybridized carbons (Fsp3) is 0.576. The zero-order chi connectivity index (χ0) is 33.4. The number of furan rings is 1. The molecule has 2 aromatic rings. The molecule has 250 valence electrons. The molecule has 0 saturated carbocycles. The third-order valence-electron chi connectivity index (χ3n) is 7.35. The van der Waals surface area contributed by atoms with E-state index < -0.39 is 42.1 Å². The highest BCUT2D eigenvalue weighted by molar-refractivity contribution is 7.98. The maximum atomic E-state index is 13.4. The van der Waals surface area contributed by atoms with Crippen LogP contribution >= 0.6 is 11.8 Å². The molecule has 0 bridgehead atoms. The maximum Gasteiger partial charge on any atom is 0.315 e. The Morgan fingerprint density at radius 1 is 0.822 bits per heavy atom. The number of carbonyl (C=O) groups is 4. The van der Waals surface area contributed by atoms with Gasteiger partial charge in [0, 0.05) is 12.5 Å². The quantitative estimate of drug-likeness (QED) is 0.136. The summed E-state index contributed by atoms with van der Waals surface area (Å²) >= 11 is 1.55. The molecule has 0 aliphatic rings. The molecule has 1 heterocycles. The highest BCUT2D eigenvalue weighted by Crippen LogP contribution is 2.17. The number of urea groups is 1. The van der Waals surface area contributed by atoms with Crippen molar-refractivity contribution in [1.29, 1.82) is 0 Å². The number of thioether (sulfide) groups is 1. The van der Waals surface area contributed by atoms with Crippen LogP contribution in [0.2, 0.25) is 0 Å². The molecule has 5 atom stereocenters. The summed E-state index contributed by atoms with van der Waals surface area (Å²) < 4.78 is 5.24. The highest BCUT2D eigenvalue weighted by atomic mass is 32.2. The molecule has 5 amide bonds. The number of aliphatic hydroxyl groups is 1. The van der Waals surface area contributed by atoms with Gasteiger partial charge in [-0.15, -0.1) is 0 Å². The Kier molecular flexibility index (Phi) is 16.6. The number of nitrogens with one attached hydrogen (secondary N) is 5. The predicted octanol–water partition coefficient (Wildman–Crippen LogP) is 3.58. The fourth-order valence-electron chi connectivity index (χ4n) is 4.76. The van der Waals surface area contributed by atoms with Crippen LogP contribution in [0.5, 0.6) is 0 Å². The van der Waals surface area contributed by atoms with Gasteiger partial charge in [-0.1, -0.05) is 65.0 Å². The van der Waals surface area contributed by atoms with E-state index in [0.717, 1.165) is 5.56 Å². The third kappa shape index (κ3) is 14.0. The van der Waals surface area contributed by atoms with Crippen LogP contribution in [-0.4, -0.2) is 65.1 Å². The van der Waals surface area contributed by atoms with Gasteiger partial charge in [0.2, 0.25) is 17.7 Å². The first kappa shape index (κ1) is 37.7. The standard InChI is InChI=1S/C33H51N5O6S/c1-21(2)17-27(36-31(41)26(14-16-45-6)37-33(43)35-20-25-13-10-15-44-25)28(39)18-23(5)30(40)38-29(22(3)4)32(42)34-19-24-11-8-7-9-12-24/h7-13,15,21-23,26-29,39H,14,16-20H2,1-6H3,(H,34,42)(H,36,41)(H,38,40)(H2,35,37,43)/t23-,26+,27+,28+,29+/m1/s1. The molecule has 0 saturated heterocycles. The first-order valence-electron chi connectivity index (χ1n) is 15.6. The molecule has 0 fully saturated rings. The first-order chi connectivity index (χ1) is 21.4. The van der Waals surface area contributed by atoms with Crippen LogP contribution in [0.15, 0.2) is 53.1 Å². The smallest absolute Gasteiger partial charge is 0.315 e. The number of rotatable bonds is 19. The number of hydrogen-bond acceptors (Lipinski definition) is 7. The van der Waals surface area contributed by atoms with Gasteiger partial charge in [0.1, 0.15) is 17.8 Å². The van der Waals surface area contributed by atoms with Crippen molar-refractivity contribution < 1.29 is 28.7 Å². The second-order valence-electron chi connectivity index (χ2n) is 12.1. The number of amides is 5. The Labute approximate surface area is 271 Å². The second kappa shape index (κ2) is 19.8. The van der Waals surface area contributed by atoms with Crippen LogP contribution in [-0.2, 0) is 27.5 Å². The molecule has 0 aliphatic heterocycles. The van der Waals surface area contributed by atoms with Gasteiger partial charge in [0.05, 0.1) is 25.0 Å². The van der Waals surface area contributed by atoms with Crippen LogP contribution in [0.4, 0.5) is 4.79 Å². The van der Waals surface area contributed by atoms with E-state index >= 15 is 0 Å². The summed E-state index contributed by atoms with van der Waals surface area (Å²) in [5.41, 5.74) is 0.954. The fourth-order valence-corrected chi connectivity index (χ4v) is 5.23. The summed E-state index contributed by atoms with van der Waals surface area (Å²) in [7, 11) is 0. The van der Waals surface area contributed by atoms with Crippen molar-refractivity contribution in [3.63, 3.8) is 0 Å². The molecular formula is C33H51N5O6S. The summed E-state index contributed by atoms with van der Waals surface area (Å²) in [4.78, 5) is 52.1. The lowest BCUT2D eigenvalue weighted by Gasteiger charge is -2.30. The third-order valence-corrected chi connectivity index (χ3v) is 8.00. The van der Waals surface area contributed by atoms with Crippen molar-refractivity contribution in [2.75, 3.05) is 12.0 Å². The molecule has 12 heteroatoms. The SMILES string of the molecule is CSCC[C@H](NC(=O)NCc1ccco1)C(=O)N[C@@H](CC(C)C)[C@@H](O)C[C@@H](C)C(=O)N[C@H](C(=O)NCc1ccccc1)C(C)C. The van der Waals surface area contributed by atoms with Gasteiger partial charge in [-0.05, 0) is 60.8 Å². The molecule has 0 spiro atoms. The van der Waals surface area contributed by atoms with Crippen molar-refractivity contribution in [2.24, 2.45) is 17.8 Å². The lowest BCUT2D eigenvalue weighted by Crippen LogP contribution is -2.55. The van der Waals surface area contributed by atoms with Crippen molar-refractivity contribution in [2.45, 2.75) is 91.2 Å². The minimum atomic E-state index is -1.03. The van der Waals surface area contributed by atoms with E-state index in [-0.39, 0.29) is 36.6 Å². The van der Waals surface area contributed by atoms with E-state index in [1.807, 2.05) is 64.3 Å². The second-order valence-corrected chi connectivity index (χ2v) is 13.1. The summed E-state index contributed by atoms with van der Waals surface area (Å²) in [6, 6.07) is 10.3. The van der Waals surface area contributed by atoms with Gasteiger partial charge in [-0.25, -0.2) is 4.79 Å². The minimum Gasteiger partial charge on any atom is -0.467 e. The molecule has 6 N–H and O–H groups in total. The van der Waals surface area contributed by atoms with Crippen molar-refractivity contribution >= 4 is 35.5 Å². The average Bonchev–Trinajstić information content (AvgIpc) is 3.53. The Balaban J connectivity index is 2.00. The van der Waals surface area contributed by atoms with Gasteiger partial charge < -0.3 is 36.1 Å². The van der Waals surface area contributed by atoms with Crippen LogP contribution in [0.25, 0.3) is 0 Å². The lowest BCUT2D eigenvalue weighted by atomic mass is 9.91. The largest absolute Gasteiger partial charge is 0.467 e. The molecule has 0 radical (unpaired) electrons. The van der Waals surface area contributed by atoms with Gasteiger partial charge in [-0.2, -0.15) is 11.8 Å². The van der Waals surface area contributed by atoms with Gasteiger partial charge in [0.15, 0.2) is 0 Å². The molecule has 45 heavy (non-hydrogen) atoms. The Morgan fingerprint density at radius 3 is 2.13 bits per heavy atom. The number of carbonyl (C=O) groups excluding carboxylic acids is 4. The van der Waals surface area contributed by atoms with Gasteiger partial charge >= 0.3 is 6.03 Å². The van der Waals surface area contributed by atoms with Gasteiger partial charge in [-0.3, -0.25) is 14.4 Å². The maximum absolute atomic E-state index is 13.4. The summed E-state index contributed by atoms with van der Waals surface area (Å²) in [5.74, 6) is -0.468. The average molecular weight is 646 g/mol. The predicted molar refractivity (Wildman–Crippen MR) is 177 cm³/mol. The van der Waals surface area contributed by atoms with Crippen LogP contribution in [0, 0.1) is 17.8 Å². The van der Waals surface area contributed by atoms with E-state index in [2.05, 4.69) is 26.6 Å². The van der Waals surface area contributed by atoms with Gasteiger partial charge in [0.25, 0.3) is 0 Å². The molecule has 0 aliphatic carbocycles. The Morgan fingerprint density at radius 2 is 1.53 bits per heavy atom. The number of aliphatic hydroxyl groups excluding tert-OH is 1. The summed E-state index contributed by atoms with van der Waals surface area (Å²) in [6.07, 6.45) is 3.34. The zero-order valence-corrected chi connectivity index (χ0v) is 28.1.